The van der Waals surface area contributed by atoms with Gasteiger partial charge >= 0.3 is 0 Å². The molecule has 4 nitrogen and oxygen atoms in total. The second-order valence-corrected chi connectivity index (χ2v) is 6.12. The standard InChI is InChI=1S/C17H23N3O/c21-13-17(9-2-1-3-10-17)12-18-15-6-4-14(5-7-15)16-8-11-19-20-16/h4-8,11,18,21H,1-3,9-10,12-13H2,(H,19,20). The van der Waals surface area contributed by atoms with Crippen LogP contribution in [0.4, 0.5) is 5.69 Å². The van der Waals surface area contributed by atoms with Crippen LogP contribution in [0.2, 0.25) is 0 Å². The highest BCUT2D eigenvalue weighted by atomic mass is 16.3. The molecule has 4 heteroatoms. The molecule has 0 radical (unpaired) electrons. The van der Waals surface area contributed by atoms with Crippen LogP contribution in [0.15, 0.2) is 36.5 Å². The quantitative estimate of drug-likeness (QED) is 0.788. The molecule has 0 unspecified atom stereocenters. The predicted octanol–water partition coefficient (Wildman–Crippen LogP) is 3.43. The average molecular weight is 285 g/mol. The first-order valence-electron chi connectivity index (χ1n) is 7.76. The molecular weight excluding hydrogens is 262 g/mol. The van der Waals surface area contributed by atoms with Gasteiger partial charge in [0.25, 0.3) is 0 Å². The number of nitrogens with zero attached hydrogens (tertiary/aromatic N) is 1. The Labute approximate surface area is 125 Å². The molecular formula is C17H23N3O. The molecule has 1 heterocycles. The van der Waals surface area contributed by atoms with Gasteiger partial charge in [0.1, 0.15) is 0 Å². The van der Waals surface area contributed by atoms with Crippen molar-refractivity contribution in [3.8, 4) is 11.3 Å². The summed E-state index contributed by atoms with van der Waals surface area (Å²) in [5.74, 6) is 0. The number of rotatable bonds is 5. The van der Waals surface area contributed by atoms with E-state index in [0.29, 0.717) is 0 Å². The summed E-state index contributed by atoms with van der Waals surface area (Å²) in [5, 5.41) is 20.2. The molecule has 0 atom stereocenters. The van der Waals surface area contributed by atoms with Gasteiger partial charge in [-0.1, -0.05) is 31.4 Å². The van der Waals surface area contributed by atoms with Crippen LogP contribution in [0.5, 0.6) is 0 Å². The second kappa shape index (κ2) is 6.31. The van der Waals surface area contributed by atoms with Crippen molar-refractivity contribution >= 4 is 5.69 Å². The van der Waals surface area contributed by atoms with Gasteiger partial charge in [-0.25, -0.2) is 0 Å². The van der Waals surface area contributed by atoms with Gasteiger partial charge in [0.15, 0.2) is 0 Å². The molecule has 0 aliphatic heterocycles. The zero-order valence-electron chi connectivity index (χ0n) is 12.3. The van der Waals surface area contributed by atoms with Crippen molar-refractivity contribution < 1.29 is 5.11 Å². The molecule has 3 rings (SSSR count). The van der Waals surface area contributed by atoms with Gasteiger partial charge in [0.05, 0.1) is 12.3 Å². The molecule has 21 heavy (non-hydrogen) atoms. The zero-order chi connectivity index (χ0) is 14.5. The monoisotopic (exact) mass is 285 g/mol. The van der Waals surface area contributed by atoms with Gasteiger partial charge in [0, 0.05) is 23.8 Å². The molecule has 0 spiro atoms. The molecule has 3 N–H and O–H groups in total. The first-order valence-corrected chi connectivity index (χ1v) is 7.76. The Bertz CT molecular complexity index is 542. The highest BCUT2D eigenvalue weighted by Crippen LogP contribution is 2.36. The SMILES string of the molecule is OCC1(CNc2ccc(-c3ccn[nH]3)cc2)CCCCC1. The average Bonchev–Trinajstić information content (AvgIpc) is 3.09. The van der Waals surface area contributed by atoms with Gasteiger partial charge in [-0.05, 0) is 36.6 Å². The van der Waals surface area contributed by atoms with E-state index in [4.69, 9.17) is 0 Å². The Morgan fingerprint density at radius 2 is 1.86 bits per heavy atom. The van der Waals surface area contributed by atoms with Gasteiger partial charge in [-0.2, -0.15) is 5.10 Å². The van der Waals surface area contributed by atoms with Gasteiger partial charge in [-0.3, -0.25) is 5.10 Å². The summed E-state index contributed by atoms with van der Waals surface area (Å²) in [5.41, 5.74) is 3.34. The van der Waals surface area contributed by atoms with Crippen molar-refractivity contribution in [3.05, 3.63) is 36.5 Å². The molecule has 1 aromatic heterocycles. The minimum Gasteiger partial charge on any atom is -0.396 e. The second-order valence-electron chi connectivity index (χ2n) is 6.12. The summed E-state index contributed by atoms with van der Waals surface area (Å²) in [7, 11) is 0. The Morgan fingerprint density at radius 3 is 2.48 bits per heavy atom. The first-order chi connectivity index (χ1) is 10.3. The van der Waals surface area contributed by atoms with Crippen molar-refractivity contribution in [2.24, 2.45) is 5.41 Å². The summed E-state index contributed by atoms with van der Waals surface area (Å²) < 4.78 is 0. The number of hydrogen-bond acceptors (Lipinski definition) is 3. The lowest BCUT2D eigenvalue weighted by Crippen LogP contribution is -2.35. The lowest BCUT2D eigenvalue weighted by atomic mass is 9.74. The number of nitrogens with one attached hydrogen (secondary N) is 2. The van der Waals surface area contributed by atoms with Crippen LogP contribution in [0, 0.1) is 5.41 Å². The molecule has 0 amide bonds. The van der Waals surface area contributed by atoms with E-state index < -0.39 is 0 Å². The topological polar surface area (TPSA) is 60.9 Å². The van der Waals surface area contributed by atoms with Crippen LogP contribution in [0.25, 0.3) is 11.3 Å². The van der Waals surface area contributed by atoms with E-state index in [9.17, 15) is 5.11 Å². The predicted molar refractivity (Wildman–Crippen MR) is 85.1 cm³/mol. The van der Waals surface area contributed by atoms with E-state index in [-0.39, 0.29) is 12.0 Å². The molecule has 1 aliphatic carbocycles. The minimum absolute atomic E-state index is 0.0697. The highest BCUT2D eigenvalue weighted by Gasteiger charge is 2.30. The van der Waals surface area contributed by atoms with Crippen molar-refractivity contribution in [1.82, 2.24) is 10.2 Å². The van der Waals surface area contributed by atoms with E-state index in [2.05, 4.69) is 39.8 Å². The third-order valence-corrected chi connectivity index (χ3v) is 4.61. The molecule has 1 fully saturated rings. The smallest absolute Gasteiger partial charge is 0.0650 e. The summed E-state index contributed by atoms with van der Waals surface area (Å²) >= 11 is 0. The largest absolute Gasteiger partial charge is 0.396 e. The van der Waals surface area contributed by atoms with Gasteiger partial charge in [-0.15, -0.1) is 0 Å². The van der Waals surface area contributed by atoms with Crippen LogP contribution in [-0.2, 0) is 0 Å². The van der Waals surface area contributed by atoms with Crippen LogP contribution >= 0.6 is 0 Å². The number of aliphatic hydroxyl groups excluding tert-OH is 1. The third kappa shape index (κ3) is 3.27. The van der Waals surface area contributed by atoms with Crippen LogP contribution in [-0.4, -0.2) is 28.5 Å². The number of aromatic amines is 1. The normalized spacial score (nSPS) is 17.6. The fraction of sp³-hybridized carbons (Fsp3) is 0.471. The lowest BCUT2D eigenvalue weighted by molar-refractivity contribution is 0.0944. The van der Waals surface area contributed by atoms with Gasteiger partial charge in [0.2, 0.25) is 0 Å². The molecule has 2 aromatic rings. The minimum atomic E-state index is 0.0697. The number of H-pyrrole nitrogens is 1. The van der Waals surface area contributed by atoms with E-state index in [1.807, 2.05) is 6.07 Å². The summed E-state index contributed by atoms with van der Waals surface area (Å²) in [6, 6.07) is 10.3. The van der Waals surface area contributed by atoms with Crippen LogP contribution in [0.1, 0.15) is 32.1 Å². The lowest BCUT2D eigenvalue weighted by Gasteiger charge is -2.36. The number of aromatic nitrogens is 2. The van der Waals surface area contributed by atoms with E-state index in [1.54, 1.807) is 6.20 Å². The maximum Gasteiger partial charge on any atom is 0.0650 e. The van der Waals surface area contributed by atoms with Crippen molar-refractivity contribution in [3.63, 3.8) is 0 Å². The summed E-state index contributed by atoms with van der Waals surface area (Å²) in [6.45, 7) is 1.14. The Morgan fingerprint density at radius 1 is 1.10 bits per heavy atom. The maximum absolute atomic E-state index is 9.74. The highest BCUT2D eigenvalue weighted by molar-refractivity contribution is 5.62. The van der Waals surface area contributed by atoms with E-state index in [0.717, 1.165) is 36.3 Å². The molecule has 1 aliphatic rings. The maximum atomic E-state index is 9.74. The zero-order valence-corrected chi connectivity index (χ0v) is 12.3. The van der Waals surface area contributed by atoms with Crippen molar-refractivity contribution in [2.45, 2.75) is 32.1 Å². The third-order valence-electron chi connectivity index (χ3n) is 4.61. The number of benzene rings is 1. The molecule has 0 bridgehead atoms. The number of aliphatic hydroxyl groups is 1. The van der Waals surface area contributed by atoms with Crippen LogP contribution in [0.3, 0.4) is 0 Å². The fourth-order valence-corrected chi connectivity index (χ4v) is 3.17. The number of anilines is 1. The molecule has 1 aromatic carbocycles. The first kappa shape index (κ1) is 14.1. The Hall–Kier alpha value is -1.81. The Kier molecular flexibility index (Phi) is 4.25. The van der Waals surface area contributed by atoms with Crippen LogP contribution < -0.4 is 5.32 Å². The summed E-state index contributed by atoms with van der Waals surface area (Å²) in [4.78, 5) is 0. The molecule has 112 valence electrons. The van der Waals surface area contributed by atoms with Crippen molar-refractivity contribution in [2.75, 3.05) is 18.5 Å². The van der Waals surface area contributed by atoms with E-state index in [1.165, 1.54) is 19.3 Å². The van der Waals surface area contributed by atoms with Crippen molar-refractivity contribution in [1.29, 1.82) is 0 Å². The molecule has 1 saturated carbocycles. The number of hydrogen-bond donors (Lipinski definition) is 3. The molecule has 0 saturated heterocycles. The fourth-order valence-electron chi connectivity index (χ4n) is 3.17. The Balaban J connectivity index is 1.62. The van der Waals surface area contributed by atoms with E-state index >= 15 is 0 Å². The summed E-state index contributed by atoms with van der Waals surface area (Å²) in [6.07, 6.45) is 7.80. The van der Waals surface area contributed by atoms with Gasteiger partial charge < -0.3 is 10.4 Å².